The summed E-state index contributed by atoms with van der Waals surface area (Å²) in [6.07, 6.45) is 0. The van der Waals surface area contributed by atoms with E-state index >= 15 is 4.39 Å². The van der Waals surface area contributed by atoms with Gasteiger partial charge in [0.15, 0.2) is 0 Å². The van der Waals surface area contributed by atoms with Gasteiger partial charge in [0.05, 0.1) is 25.0 Å². The summed E-state index contributed by atoms with van der Waals surface area (Å²) in [5, 5.41) is 6.18. The van der Waals surface area contributed by atoms with E-state index in [1.165, 1.54) is 18.2 Å². The molecule has 3 aromatic rings. The van der Waals surface area contributed by atoms with Gasteiger partial charge in [0.1, 0.15) is 16.8 Å². The fourth-order valence-electron chi connectivity index (χ4n) is 4.59. The molecule has 1 aliphatic heterocycles. The molecule has 0 saturated carbocycles. The Bertz CT molecular complexity index is 1520. The fourth-order valence-corrected chi connectivity index (χ4v) is 6.83. The van der Waals surface area contributed by atoms with Crippen LogP contribution in [-0.4, -0.2) is 49.7 Å². The summed E-state index contributed by atoms with van der Waals surface area (Å²) in [7, 11) is -1.72. The number of sulfonamides is 1. The van der Waals surface area contributed by atoms with Crippen LogP contribution in [0, 0.1) is 19.7 Å². The fraction of sp³-hybridized carbons (Fsp3) is 0.348. The van der Waals surface area contributed by atoms with E-state index in [9.17, 15) is 18.0 Å². The van der Waals surface area contributed by atoms with Crippen molar-refractivity contribution < 1.29 is 26.8 Å². The van der Waals surface area contributed by atoms with Gasteiger partial charge in [-0.25, -0.2) is 27.5 Å². The van der Waals surface area contributed by atoms with E-state index in [0.29, 0.717) is 5.56 Å². The highest BCUT2D eigenvalue weighted by Crippen LogP contribution is 2.45. The van der Waals surface area contributed by atoms with Gasteiger partial charge in [-0.1, -0.05) is 24.6 Å². The summed E-state index contributed by atoms with van der Waals surface area (Å²) in [6, 6.07) is 4.31. The van der Waals surface area contributed by atoms with Crippen LogP contribution in [0.25, 0.3) is 0 Å². The molecule has 13 heteroatoms. The molecule has 0 spiro atoms. The van der Waals surface area contributed by atoms with Crippen molar-refractivity contribution in [1.82, 2.24) is 14.5 Å². The summed E-state index contributed by atoms with van der Waals surface area (Å²) in [6.45, 7) is 4.93. The second-order valence-corrected chi connectivity index (χ2v) is 10.9. The standard InChI is InChI=1S/C23H24ClFN4O6S/c1-11-6-7-16(25)18(12(11)2)13(3)19(21-26-27-23(31)35-21)29-10-28(4)17-9-14(24)8-15(22(30)34-5)20(17)36(29,32)33/h6-9,13,19H,10H2,1-5H3,(H,27,31)/t13-,19+/m1/s1. The zero-order chi connectivity index (χ0) is 26.5. The topological polar surface area (TPSA) is 126 Å². The Morgan fingerprint density at radius 2 is 2.00 bits per heavy atom. The molecule has 4 rings (SSSR count). The van der Waals surface area contributed by atoms with Gasteiger partial charge in [-0.05, 0) is 48.7 Å². The van der Waals surface area contributed by atoms with Crippen LogP contribution in [0.15, 0.2) is 38.4 Å². The van der Waals surface area contributed by atoms with E-state index in [-0.39, 0.29) is 39.3 Å². The van der Waals surface area contributed by atoms with Crippen LogP contribution in [0.5, 0.6) is 0 Å². The zero-order valence-electron chi connectivity index (χ0n) is 20.1. The number of anilines is 1. The molecule has 1 aromatic heterocycles. The minimum atomic E-state index is -4.45. The quantitative estimate of drug-likeness (QED) is 0.489. The van der Waals surface area contributed by atoms with Crippen molar-refractivity contribution in [3.05, 3.63) is 73.8 Å². The smallest absolute Gasteiger partial charge is 0.434 e. The normalized spacial score (nSPS) is 16.9. The molecule has 0 aliphatic carbocycles. The van der Waals surface area contributed by atoms with Gasteiger partial charge in [-0.3, -0.25) is 0 Å². The summed E-state index contributed by atoms with van der Waals surface area (Å²) < 4.78 is 54.3. The molecule has 2 heterocycles. The van der Waals surface area contributed by atoms with Gasteiger partial charge in [0.25, 0.3) is 0 Å². The van der Waals surface area contributed by atoms with Crippen LogP contribution < -0.4 is 10.7 Å². The number of hydrogen-bond donors (Lipinski definition) is 1. The lowest BCUT2D eigenvalue weighted by Crippen LogP contribution is -2.48. The third-order valence-corrected chi connectivity index (χ3v) is 8.57. The van der Waals surface area contributed by atoms with Crippen LogP contribution in [0.1, 0.15) is 51.8 Å². The van der Waals surface area contributed by atoms with Gasteiger partial charge in [-0.2, -0.15) is 4.31 Å². The molecule has 0 saturated heterocycles. The van der Waals surface area contributed by atoms with Crippen molar-refractivity contribution in [2.45, 2.75) is 37.6 Å². The number of nitrogens with one attached hydrogen (secondary N) is 1. The lowest BCUT2D eigenvalue weighted by atomic mass is 9.87. The van der Waals surface area contributed by atoms with Crippen molar-refractivity contribution in [3.8, 4) is 0 Å². The number of aromatic nitrogens is 2. The van der Waals surface area contributed by atoms with Crippen molar-refractivity contribution >= 4 is 33.3 Å². The van der Waals surface area contributed by atoms with Gasteiger partial charge in [-0.15, -0.1) is 5.10 Å². The Balaban J connectivity index is 1.98. The largest absolute Gasteiger partial charge is 0.465 e. The molecule has 0 fully saturated rings. The van der Waals surface area contributed by atoms with Crippen molar-refractivity contribution in [1.29, 1.82) is 0 Å². The molecule has 0 unspecified atom stereocenters. The highest BCUT2D eigenvalue weighted by atomic mass is 35.5. The Hall–Kier alpha value is -3.22. The molecule has 1 aliphatic rings. The third-order valence-electron chi connectivity index (χ3n) is 6.45. The number of halogens is 2. The maximum Gasteiger partial charge on any atom is 0.434 e. The zero-order valence-corrected chi connectivity index (χ0v) is 21.7. The third kappa shape index (κ3) is 4.18. The van der Waals surface area contributed by atoms with Crippen LogP contribution >= 0.6 is 11.6 Å². The Kier molecular flexibility index (Phi) is 6.71. The van der Waals surface area contributed by atoms with E-state index < -0.39 is 39.5 Å². The average Bonchev–Trinajstić information content (AvgIpc) is 3.24. The number of carbonyl (C=O) groups is 1. The first-order chi connectivity index (χ1) is 16.9. The molecule has 0 bridgehead atoms. The lowest BCUT2D eigenvalue weighted by molar-refractivity contribution is 0.0596. The first kappa shape index (κ1) is 25.9. The van der Waals surface area contributed by atoms with Crippen molar-refractivity contribution in [2.24, 2.45) is 0 Å². The van der Waals surface area contributed by atoms with E-state index in [0.717, 1.165) is 17.0 Å². The second kappa shape index (κ2) is 9.34. The predicted octanol–water partition coefficient (Wildman–Crippen LogP) is 3.50. The molecular formula is C23H24ClFN4O6S. The molecule has 2 aromatic carbocycles. The lowest BCUT2D eigenvalue weighted by Gasteiger charge is -2.41. The van der Waals surface area contributed by atoms with Gasteiger partial charge in [0.2, 0.25) is 15.9 Å². The number of aryl methyl sites for hydroxylation is 1. The van der Waals surface area contributed by atoms with Crippen LogP contribution in [0.3, 0.4) is 0 Å². The number of methoxy groups -OCH3 is 1. The van der Waals surface area contributed by atoms with Crippen LogP contribution in [0.2, 0.25) is 5.02 Å². The Morgan fingerprint density at radius 1 is 1.31 bits per heavy atom. The molecule has 2 atom stereocenters. The molecule has 36 heavy (non-hydrogen) atoms. The number of aromatic amines is 1. The summed E-state index contributed by atoms with van der Waals surface area (Å²) in [5.74, 6) is -3.44. The maximum atomic E-state index is 15.1. The molecular weight excluding hydrogens is 515 g/mol. The number of rotatable bonds is 5. The van der Waals surface area contributed by atoms with E-state index in [2.05, 4.69) is 10.2 Å². The number of hydrogen-bond acceptors (Lipinski definition) is 8. The molecule has 0 amide bonds. The molecule has 0 radical (unpaired) electrons. The number of carbonyl (C=O) groups excluding carboxylic acids is 1. The highest BCUT2D eigenvalue weighted by Gasteiger charge is 2.46. The molecule has 192 valence electrons. The van der Waals surface area contributed by atoms with Crippen molar-refractivity contribution in [3.63, 3.8) is 0 Å². The van der Waals surface area contributed by atoms with E-state index in [1.54, 1.807) is 31.9 Å². The number of nitrogens with zero attached hydrogens (tertiary/aromatic N) is 3. The predicted molar refractivity (Wildman–Crippen MR) is 129 cm³/mol. The number of benzene rings is 2. The van der Waals surface area contributed by atoms with E-state index in [4.69, 9.17) is 20.8 Å². The SMILES string of the molecule is COC(=O)c1cc(Cl)cc2c1S(=O)(=O)N([C@H](c1n[nH]c(=O)o1)[C@H](C)c1c(F)ccc(C)c1C)CN2C. The summed E-state index contributed by atoms with van der Waals surface area (Å²) in [5.41, 5.74) is 1.59. The number of ether oxygens (including phenoxy) is 1. The van der Waals surface area contributed by atoms with Crippen LogP contribution in [-0.2, 0) is 14.8 Å². The minimum absolute atomic E-state index is 0.144. The number of esters is 1. The molecule has 10 nitrogen and oxygen atoms in total. The monoisotopic (exact) mass is 538 g/mol. The van der Waals surface area contributed by atoms with E-state index in [1.807, 2.05) is 6.92 Å². The first-order valence-electron chi connectivity index (χ1n) is 10.8. The summed E-state index contributed by atoms with van der Waals surface area (Å²) >= 11 is 6.17. The van der Waals surface area contributed by atoms with Crippen molar-refractivity contribution in [2.75, 3.05) is 25.7 Å². The molecule has 1 N–H and O–H groups in total. The Labute approximate surface area is 211 Å². The van der Waals surface area contributed by atoms with Gasteiger partial charge < -0.3 is 14.1 Å². The van der Waals surface area contributed by atoms with Gasteiger partial charge in [0, 0.05) is 18.0 Å². The number of H-pyrrole nitrogens is 1. The van der Waals surface area contributed by atoms with Crippen LogP contribution in [0.4, 0.5) is 10.1 Å². The Morgan fingerprint density at radius 3 is 2.61 bits per heavy atom. The second-order valence-electron chi connectivity index (χ2n) is 8.61. The first-order valence-corrected chi connectivity index (χ1v) is 12.7. The maximum absolute atomic E-state index is 15.1. The average molecular weight is 539 g/mol. The minimum Gasteiger partial charge on any atom is -0.465 e. The highest BCUT2D eigenvalue weighted by molar-refractivity contribution is 7.89. The van der Waals surface area contributed by atoms with Gasteiger partial charge >= 0.3 is 11.7 Å². The number of fused-ring (bicyclic) bond motifs is 1. The summed E-state index contributed by atoms with van der Waals surface area (Å²) in [4.78, 5) is 25.6.